The maximum Gasteiger partial charge on any atom is 0.413 e. The molecule has 0 fully saturated rings. The number of aromatic nitrogens is 1. The van der Waals surface area contributed by atoms with E-state index in [4.69, 9.17) is 4.74 Å². The average Bonchev–Trinajstić information content (AvgIpc) is 2.88. The molecule has 1 aromatic heterocycles. The van der Waals surface area contributed by atoms with Crippen LogP contribution in [0.2, 0.25) is 0 Å². The first kappa shape index (κ1) is 21.2. The number of nitrogens with zero attached hydrogens (tertiary/aromatic N) is 1. The van der Waals surface area contributed by atoms with Gasteiger partial charge in [0.1, 0.15) is 28.3 Å². The monoisotopic (exact) mass is 434 g/mol. The molecule has 0 aliphatic heterocycles. The number of benzene rings is 1. The summed E-state index contributed by atoms with van der Waals surface area (Å²) in [6.45, 7) is 4.58. The quantitative estimate of drug-likeness (QED) is 0.725. The maximum atomic E-state index is 14.1. The van der Waals surface area contributed by atoms with Crippen molar-refractivity contribution in [3.05, 3.63) is 23.3 Å². The summed E-state index contributed by atoms with van der Waals surface area (Å²) in [4.78, 5) is 15.1. The van der Waals surface area contributed by atoms with Gasteiger partial charge in [0.15, 0.2) is 5.13 Å². The molecule has 27 heavy (non-hydrogen) atoms. The Kier molecular flexibility index (Phi) is 5.38. The van der Waals surface area contributed by atoms with Crippen LogP contribution in [-0.2, 0) is 24.5 Å². The van der Waals surface area contributed by atoms with Gasteiger partial charge in [0.2, 0.25) is 0 Å². The zero-order valence-electron chi connectivity index (χ0n) is 13.8. The van der Waals surface area contributed by atoms with Gasteiger partial charge < -0.3 is 4.74 Å². The van der Waals surface area contributed by atoms with Crippen molar-refractivity contribution in [3.63, 3.8) is 0 Å². The molecule has 0 aliphatic rings. The number of fused-ring (bicyclic) bond motifs is 1. The van der Waals surface area contributed by atoms with E-state index < -0.39 is 59.6 Å². The number of hydrogen-bond acceptors (Lipinski definition) is 7. The topological polar surface area (TPSA) is 94.6 Å². The molecule has 1 amide bonds. The van der Waals surface area contributed by atoms with E-state index in [0.29, 0.717) is 11.3 Å². The number of rotatable bonds is 4. The first-order valence-electron chi connectivity index (χ1n) is 6.91. The first-order chi connectivity index (χ1) is 12.2. The predicted octanol–water partition coefficient (Wildman–Crippen LogP) is 4.20. The van der Waals surface area contributed by atoms with E-state index in [1.54, 1.807) is 0 Å². The molecule has 0 saturated carbocycles. The Morgan fingerprint density at radius 3 is 2.33 bits per heavy atom. The highest BCUT2D eigenvalue weighted by Gasteiger charge is 2.53. The number of ether oxygens (including phenoxy) is 1. The molecule has 0 bridgehead atoms. The molecule has 0 spiro atoms. The molecule has 150 valence electrons. The summed E-state index contributed by atoms with van der Waals surface area (Å²) in [5, 5.41) is -3.69. The van der Waals surface area contributed by atoms with Gasteiger partial charge in [-0.3, -0.25) is 5.32 Å². The van der Waals surface area contributed by atoms with Crippen LogP contribution in [0.25, 0.3) is 10.2 Å². The molecule has 0 saturated heterocycles. The van der Waals surface area contributed by atoms with Crippen LogP contribution in [0.5, 0.6) is 0 Å². The zero-order chi connectivity index (χ0) is 20.8. The standard InChI is InChI=1S/C13H11F5N2O5S2/c1-12(2,3)24-11(21)20-10-19-8-7(13(16,17)27(22,23)25-18)5(14)4-6(15)9(8)26-10/h4H,1-3H3,(H,19,20,21). The summed E-state index contributed by atoms with van der Waals surface area (Å²) in [6.07, 6.45) is -1.07. The highest BCUT2D eigenvalue weighted by atomic mass is 32.2. The second-order valence-corrected chi connectivity index (χ2v) is 8.62. The molecule has 1 aromatic carbocycles. The molecule has 14 heteroatoms. The van der Waals surface area contributed by atoms with Crippen LogP contribution in [0.3, 0.4) is 0 Å². The summed E-state index contributed by atoms with van der Waals surface area (Å²) in [5.41, 5.74) is -3.98. The number of carbonyl (C=O) groups excluding carboxylic acids is 1. The number of carbonyl (C=O) groups is 1. The summed E-state index contributed by atoms with van der Waals surface area (Å²) in [5.74, 6) is -3.35. The van der Waals surface area contributed by atoms with E-state index >= 15 is 0 Å². The van der Waals surface area contributed by atoms with Crippen molar-refractivity contribution in [2.45, 2.75) is 31.6 Å². The third-order valence-electron chi connectivity index (χ3n) is 2.87. The zero-order valence-corrected chi connectivity index (χ0v) is 15.4. The van der Waals surface area contributed by atoms with Gasteiger partial charge in [-0.1, -0.05) is 15.7 Å². The minimum atomic E-state index is -6.23. The van der Waals surface area contributed by atoms with E-state index in [-0.39, 0.29) is 6.07 Å². The number of amides is 1. The van der Waals surface area contributed by atoms with Crippen LogP contribution in [-0.4, -0.2) is 25.1 Å². The van der Waals surface area contributed by atoms with Crippen molar-refractivity contribution in [2.75, 3.05) is 5.32 Å². The molecular weight excluding hydrogens is 423 g/mol. The molecule has 0 unspecified atom stereocenters. The normalized spacial score (nSPS) is 13.0. The summed E-state index contributed by atoms with van der Waals surface area (Å²) in [7, 11) is -6.23. The Morgan fingerprint density at radius 2 is 1.81 bits per heavy atom. The number of hydrogen-bond donors (Lipinski definition) is 1. The van der Waals surface area contributed by atoms with Gasteiger partial charge in [-0.25, -0.2) is 18.6 Å². The van der Waals surface area contributed by atoms with Crippen LogP contribution < -0.4 is 5.32 Å². The van der Waals surface area contributed by atoms with Gasteiger partial charge >= 0.3 is 21.5 Å². The average molecular weight is 434 g/mol. The Morgan fingerprint density at radius 1 is 1.22 bits per heavy atom. The van der Waals surface area contributed by atoms with Gasteiger partial charge in [-0.15, -0.1) is 0 Å². The van der Waals surface area contributed by atoms with E-state index in [1.165, 1.54) is 20.8 Å². The third-order valence-corrected chi connectivity index (χ3v) is 4.85. The highest BCUT2D eigenvalue weighted by Crippen LogP contribution is 2.43. The summed E-state index contributed by atoms with van der Waals surface area (Å²) >= 11 is 0.308. The van der Waals surface area contributed by atoms with Crippen LogP contribution in [0.1, 0.15) is 26.3 Å². The molecule has 2 aromatic rings. The molecule has 1 N–H and O–H groups in total. The lowest BCUT2D eigenvalue weighted by Crippen LogP contribution is -2.28. The highest BCUT2D eigenvalue weighted by molar-refractivity contribution is 7.87. The first-order valence-corrected chi connectivity index (χ1v) is 9.13. The van der Waals surface area contributed by atoms with Crippen molar-refractivity contribution in [3.8, 4) is 0 Å². The fraction of sp³-hybridized carbons (Fsp3) is 0.385. The van der Waals surface area contributed by atoms with Crippen molar-refractivity contribution in [1.29, 1.82) is 0 Å². The van der Waals surface area contributed by atoms with Crippen molar-refractivity contribution >= 4 is 42.9 Å². The lowest BCUT2D eigenvalue weighted by Gasteiger charge is -2.18. The Balaban J connectivity index is 2.61. The minimum absolute atomic E-state index is 0.0191. The SMILES string of the molecule is CC(C)(C)OC(=O)Nc1nc2c(C(F)(F)S(=O)(=O)OF)c(F)cc(F)c2s1. The van der Waals surface area contributed by atoms with Crippen LogP contribution in [0.15, 0.2) is 6.07 Å². The molecular formula is C13H11F5N2O5S2. The van der Waals surface area contributed by atoms with Crippen molar-refractivity contribution < 1.29 is 44.4 Å². The van der Waals surface area contributed by atoms with Gasteiger partial charge in [-0.05, 0) is 25.3 Å². The molecule has 7 nitrogen and oxygen atoms in total. The fourth-order valence-electron chi connectivity index (χ4n) is 1.90. The smallest absolute Gasteiger partial charge is 0.413 e. The lowest BCUT2D eigenvalue weighted by molar-refractivity contribution is -0.0294. The van der Waals surface area contributed by atoms with E-state index in [0.717, 1.165) is 0 Å². The summed E-state index contributed by atoms with van der Waals surface area (Å²) < 4.78 is 96.7. The number of halogens is 5. The maximum absolute atomic E-state index is 14.1. The molecule has 2 rings (SSSR count). The van der Waals surface area contributed by atoms with Crippen LogP contribution >= 0.6 is 11.3 Å². The van der Waals surface area contributed by atoms with E-state index in [2.05, 4.69) is 9.37 Å². The Labute approximate surface area is 153 Å². The van der Waals surface area contributed by atoms with Crippen LogP contribution in [0, 0.1) is 11.6 Å². The van der Waals surface area contributed by atoms with E-state index in [1.807, 2.05) is 5.32 Å². The van der Waals surface area contributed by atoms with Gasteiger partial charge in [0.25, 0.3) is 0 Å². The predicted molar refractivity (Wildman–Crippen MR) is 84.4 cm³/mol. The number of nitrogens with one attached hydrogen (secondary N) is 1. The van der Waals surface area contributed by atoms with E-state index in [9.17, 15) is 35.3 Å². The molecule has 0 radical (unpaired) electrons. The second-order valence-electron chi connectivity index (χ2n) is 6.07. The number of thiazole rings is 1. The van der Waals surface area contributed by atoms with Crippen molar-refractivity contribution in [2.24, 2.45) is 0 Å². The second kappa shape index (κ2) is 6.83. The Hall–Kier alpha value is -2.06. The van der Waals surface area contributed by atoms with Gasteiger partial charge in [0, 0.05) is 6.07 Å². The molecule has 0 aliphatic carbocycles. The van der Waals surface area contributed by atoms with Crippen molar-refractivity contribution in [1.82, 2.24) is 4.98 Å². The number of anilines is 1. The minimum Gasteiger partial charge on any atom is -0.444 e. The molecule has 0 atom stereocenters. The van der Waals surface area contributed by atoms with Crippen LogP contribution in [0.4, 0.5) is 32.0 Å². The number of alkyl halides is 2. The lowest BCUT2D eigenvalue weighted by atomic mass is 10.2. The Bertz CT molecular complexity index is 1000. The van der Waals surface area contributed by atoms with Gasteiger partial charge in [-0.2, -0.15) is 17.2 Å². The summed E-state index contributed by atoms with van der Waals surface area (Å²) in [6, 6.07) is -0.0191. The van der Waals surface area contributed by atoms with Gasteiger partial charge in [0.05, 0.1) is 4.70 Å². The molecule has 1 heterocycles. The third kappa shape index (κ3) is 4.11. The largest absolute Gasteiger partial charge is 0.444 e. The fourth-order valence-corrected chi connectivity index (χ4v) is 3.29.